The first kappa shape index (κ1) is 11.8. The lowest BCUT2D eigenvalue weighted by molar-refractivity contribution is 0.531. The van der Waals surface area contributed by atoms with E-state index in [2.05, 4.69) is 0 Å². The summed E-state index contributed by atoms with van der Waals surface area (Å²) < 4.78 is 23.8. The molecule has 0 aliphatic carbocycles. The molecule has 3 nitrogen and oxygen atoms in total. The van der Waals surface area contributed by atoms with Crippen molar-refractivity contribution in [3.8, 4) is 0 Å². The Balaban J connectivity index is 2.23. The maximum atomic E-state index is 11.2. The lowest BCUT2D eigenvalue weighted by Gasteiger charge is -2.26. The van der Waals surface area contributed by atoms with E-state index in [1.54, 1.807) is 12.1 Å². The van der Waals surface area contributed by atoms with Crippen LogP contribution in [0.3, 0.4) is 0 Å². The zero-order chi connectivity index (χ0) is 12.1. The Morgan fingerprint density at radius 1 is 0.941 bits per heavy atom. The van der Waals surface area contributed by atoms with Crippen LogP contribution in [0.4, 0.5) is 5.69 Å². The van der Waals surface area contributed by atoms with Crippen LogP contribution in [-0.2, 0) is 17.8 Å². The van der Waals surface area contributed by atoms with E-state index >= 15 is 0 Å². The molecular formula is C13H12NO2S-. The van der Waals surface area contributed by atoms with Crippen molar-refractivity contribution < 1.29 is 8.76 Å². The highest BCUT2D eigenvalue weighted by Crippen LogP contribution is 2.17. The van der Waals surface area contributed by atoms with Gasteiger partial charge in [0.15, 0.2) is 0 Å². The van der Waals surface area contributed by atoms with Crippen LogP contribution in [0.1, 0.15) is 5.56 Å². The molecule has 17 heavy (non-hydrogen) atoms. The zero-order valence-corrected chi connectivity index (χ0v) is 9.97. The van der Waals surface area contributed by atoms with Crippen molar-refractivity contribution in [2.45, 2.75) is 6.54 Å². The van der Waals surface area contributed by atoms with Gasteiger partial charge in [0.1, 0.15) is 0 Å². The second-order valence-corrected chi connectivity index (χ2v) is 4.45. The Labute approximate surface area is 103 Å². The van der Waals surface area contributed by atoms with Crippen molar-refractivity contribution in [1.82, 2.24) is 0 Å². The predicted molar refractivity (Wildman–Crippen MR) is 68.0 cm³/mol. The maximum absolute atomic E-state index is 11.2. The van der Waals surface area contributed by atoms with Crippen LogP contribution in [0.2, 0.25) is 0 Å². The van der Waals surface area contributed by atoms with E-state index in [1.165, 1.54) is 4.31 Å². The number of anilines is 1. The Morgan fingerprint density at radius 3 is 2.00 bits per heavy atom. The third-order valence-corrected chi connectivity index (χ3v) is 3.09. The first-order valence-electron chi connectivity index (χ1n) is 5.23. The lowest BCUT2D eigenvalue weighted by atomic mass is 10.2. The third kappa shape index (κ3) is 3.15. The fraction of sp³-hybridized carbons (Fsp3) is 0.0769. The molecule has 4 heteroatoms. The molecule has 0 bridgehead atoms. The van der Waals surface area contributed by atoms with Gasteiger partial charge in [-0.05, 0) is 17.7 Å². The maximum Gasteiger partial charge on any atom is 0.0558 e. The number of rotatable bonds is 4. The largest absolute Gasteiger partial charge is 0.755 e. The molecule has 0 spiro atoms. The highest BCUT2D eigenvalue weighted by molar-refractivity contribution is 7.80. The number of benzene rings is 2. The minimum Gasteiger partial charge on any atom is -0.755 e. The summed E-state index contributed by atoms with van der Waals surface area (Å²) in [6.45, 7) is 0.348. The summed E-state index contributed by atoms with van der Waals surface area (Å²) in [6.07, 6.45) is 0. The zero-order valence-electron chi connectivity index (χ0n) is 9.15. The molecule has 0 aromatic heterocycles. The molecular weight excluding hydrogens is 234 g/mol. The second kappa shape index (κ2) is 5.61. The van der Waals surface area contributed by atoms with Crippen molar-refractivity contribution in [2.75, 3.05) is 4.31 Å². The van der Waals surface area contributed by atoms with E-state index in [0.29, 0.717) is 12.2 Å². The van der Waals surface area contributed by atoms with Crippen LogP contribution in [0.15, 0.2) is 60.7 Å². The average molecular weight is 246 g/mol. The van der Waals surface area contributed by atoms with Gasteiger partial charge in [-0.2, -0.15) is 0 Å². The summed E-state index contributed by atoms with van der Waals surface area (Å²) in [5.74, 6) is 0. The van der Waals surface area contributed by atoms with Crippen LogP contribution in [-0.4, -0.2) is 8.76 Å². The third-order valence-electron chi connectivity index (χ3n) is 2.39. The Bertz CT molecular complexity index is 487. The number of hydrogen-bond acceptors (Lipinski definition) is 2. The van der Waals surface area contributed by atoms with Crippen molar-refractivity contribution in [3.05, 3.63) is 66.2 Å². The molecule has 0 fully saturated rings. The summed E-state index contributed by atoms with van der Waals surface area (Å²) >= 11 is -2.27. The van der Waals surface area contributed by atoms with Gasteiger partial charge < -0.3 is 4.55 Å². The van der Waals surface area contributed by atoms with Crippen molar-refractivity contribution in [2.24, 2.45) is 0 Å². The van der Waals surface area contributed by atoms with Crippen LogP contribution >= 0.6 is 0 Å². The second-order valence-electron chi connectivity index (χ2n) is 3.57. The van der Waals surface area contributed by atoms with Gasteiger partial charge in [0, 0.05) is 17.0 Å². The Kier molecular flexibility index (Phi) is 3.90. The normalized spacial score (nSPS) is 12.1. The van der Waals surface area contributed by atoms with E-state index < -0.39 is 11.3 Å². The van der Waals surface area contributed by atoms with Gasteiger partial charge in [0.2, 0.25) is 0 Å². The van der Waals surface area contributed by atoms with Gasteiger partial charge >= 0.3 is 0 Å². The molecule has 0 amide bonds. The molecule has 0 aliphatic heterocycles. The fourth-order valence-corrected chi connectivity index (χ4v) is 2.12. The molecule has 1 unspecified atom stereocenters. The van der Waals surface area contributed by atoms with Gasteiger partial charge in [-0.1, -0.05) is 48.5 Å². The van der Waals surface area contributed by atoms with E-state index in [0.717, 1.165) is 5.56 Å². The predicted octanol–water partition coefficient (Wildman–Crippen LogP) is 2.49. The van der Waals surface area contributed by atoms with Crippen LogP contribution in [0, 0.1) is 0 Å². The van der Waals surface area contributed by atoms with Crippen LogP contribution in [0.25, 0.3) is 0 Å². The molecule has 0 heterocycles. The first-order chi connectivity index (χ1) is 8.27. The molecule has 0 saturated heterocycles. The Hall–Kier alpha value is -1.65. The molecule has 0 N–H and O–H groups in total. The SMILES string of the molecule is O=S([O-])N(Cc1ccccc1)c1ccccc1. The highest BCUT2D eigenvalue weighted by atomic mass is 32.2. The van der Waals surface area contributed by atoms with Gasteiger partial charge in [-0.15, -0.1) is 0 Å². The summed E-state index contributed by atoms with van der Waals surface area (Å²) in [5.41, 5.74) is 1.63. The topological polar surface area (TPSA) is 43.4 Å². The summed E-state index contributed by atoms with van der Waals surface area (Å²) in [4.78, 5) is 0. The first-order valence-corrected chi connectivity index (χ1v) is 6.26. The van der Waals surface area contributed by atoms with E-state index in [1.807, 2.05) is 48.5 Å². The summed E-state index contributed by atoms with van der Waals surface area (Å²) in [6, 6.07) is 18.6. The van der Waals surface area contributed by atoms with Crippen molar-refractivity contribution >= 4 is 17.0 Å². The smallest absolute Gasteiger partial charge is 0.0558 e. The molecule has 88 valence electrons. The van der Waals surface area contributed by atoms with Gasteiger partial charge in [-0.25, -0.2) is 0 Å². The van der Waals surface area contributed by atoms with E-state index in [-0.39, 0.29) is 0 Å². The average Bonchev–Trinajstić information content (AvgIpc) is 2.38. The van der Waals surface area contributed by atoms with Crippen molar-refractivity contribution in [3.63, 3.8) is 0 Å². The molecule has 0 aliphatic rings. The minimum absolute atomic E-state index is 0.348. The molecule has 1 atom stereocenters. The minimum atomic E-state index is -2.27. The fourth-order valence-electron chi connectivity index (χ4n) is 1.57. The Morgan fingerprint density at radius 2 is 1.47 bits per heavy atom. The number of para-hydroxylation sites is 1. The van der Waals surface area contributed by atoms with Crippen molar-refractivity contribution in [1.29, 1.82) is 0 Å². The molecule has 0 saturated carbocycles. The monoisotopic (exact) mass is 246 g/mol. The van der Waals surface area contributed by atoms with E-state index in [4.69, 9.17) is 0 Å². The van der Waals surface area contributed by atoms with Gasteiger partial charge in [0.05, 0.1) is 6.54 Å². The van der Waals surface area contributed by atoms with Crippen LogP contribution in [0.5, 0.6) is 0 Å². The van der Waals surface area contributed by atoms with Crippen LogP contribution < -0.4 is 4.31 Å². The van der Waals surface area contributed by atoms with Gasteiger partial charge in [-0.3, -0.25) is 8.51 Å². The quantitative estimate of drug-likeness (QED) is 0.778. The molecule has 2 rings (SSSR count). The molecule has 2 aromatic rings. The van der Waals surface area contributed by atoms with Gasteiger partial charge in [0.25, 0.3) is 0 Å². The summed E-state index contributed by atoms with van der Waals surface area (Å²) in [7, 11) is 0. The summed E-state index contributed by atoms with van der Waals surface area (Å²) in [5, 5.41) is 0. The standard InChI is InChI=1S/C13H13NO2S/c15-17(16)14(13-9-5-2-6-10-13)11-12-7-3-1-4-8-12/h1-10H,11H2,(H,15,16)/p-1. The number of hydrogen-bond donors (Lipinski definition) is 0. The highest BCUT2D eigenvalue weighted by Gasteiger charge is 2.06. The van der Waals surface area contributed by atoms with E-state index in [9.17, 15) is 8.76 Å². The number of nitrogens with zero attached hydrogens (tertiary/aromatic N) is 1. The molecule has 0 radical (unpaired) electrons. The lowest BCUT2D eigenvalue weighted by Crippen LogP contribution is -2.24. The molecule has 2 aromatic carbocycles.